The second-order valence-electron chi connectivity index (χ2n) is 4.30. The topological polar surface area (TPSA) is 47.0 Å². The molecule has 0 unspecified atom stereocenters. The van der Waals surface area contributed by atoms with Crippen molar-refractivity contribution in [3.8, 4) is 5.69 Å². The molecule has 0 spiro atoms. The van der Waals surface area contributed by atoms with Gasteiger partial charge in [-0.3, -0.25) is 9.89 Å². The quantitative estimate of drug-likeness (QED) is 0.808. The summed E-state index contributed by atoms with van der Waals surface area (Å²) >= 11 is 0. The van der Waals surface area contributed by atoms with Crippen LogP contribution in [-0.2, 0) is 17.8 Å². The van der Waals surface area contributed by atoms with Crippen molar-refractivity contribution < 1.29 is 4.74 Å². The van der Waals surface area contributed by atoms with Crippen LogP contribution in [0.15, 0.2) is 29.1 Å². The van der Waals surface area contributed by atoms with Crippen molar-refractivity contribution in [1.82, 2.24) is 9.78 Å². The fraction of sp³-hybridized carbons (Fsp3) is 0.308. The minimum atomic E-state index is 0.0533. The van der Waals surface area contributed by atoms with Crippen molar-refractivity contribution in [3.63, 3.8) is 0 Å². The summed E-state index contributed by atoms with van der Waals surface area (Å²) in [5, 5.41) is 3.14. The Labute approximate surface area is 98.8 Å². The molecule has 1 aromatic heterocycles. The number of aromatic amines is 1. The molecule has 17 heavy (non-hydrogen) atoms. The van der Waals surface area contributed by atoms with Crippen molar-refractivity contribution in [2.75, 3.05) is 6.61 Å². The van der Waals surface area contributed by atoms with E-state index in [0.717, 1.165) is 22.5 Å². The highest BCUT2D eigenvalue weighted by molar-refractivity contribution is 5.40. The Bertz CT molecular complexity index is 610. The molecule has 2 heterocycles. The van der Waals surface area contributed by atoms with E-state index in [2.05, 4.69) is 5.10 Å². The van der Waals surface area contributed by atoms with Crippen molar-refractivity contribution in [2.24, 2.45) is 0 Å². The lowest BCUT2D eigenvalue weighted by Gasteiger charge is -2.09. The van der Waals surface area contributed by atoms with Crippen molar-refractivity contribution in [1.29, 1.82) is 0 Å². The molecule has 0 saturated carbocycles. The van der Waals surface area contributed by atoms with Crippen LogP contribution in [0.1, 0.15) is 16.8 Å². The number of aromatic nitrogens is 2. The number of hydrogen-bond donors (Lipinski definition) is 1. The van der Waals surface area contributed by atoms with Crippen LogP contribution in [0.3, 0.4) is 0 Å². The summed E-state index contributed by atoms with van der Waals surface area (Å²) in [5.41, 5.74) is 3.81. The molecule has 4 heteroatoms. The van der Waals surface area contributed by atoms with E-state index in [0.29, 0.717) is 19.6 Å². The van der Waals surface area contributed by atoms with Gasteiger partial charge in [-0.05, 0) is 18.6 Å². The third-order valence-corrected chi connectivity index (χ3v) is 3.17. The lowest BCUT2D eigenvalue weighted by molar-refractivity contribution is 0.108. The largest absolute Gasteiger partial charge is 0.375 e. The summed E-state index contributed by atoms with van der Waals surface area (Å²) in [6.07, 6.45) is 0.698. The maximum Gasteiger partial charge on any atom is 0.274 e. The van der Waals surface area contributed by atoms with Crippen LogP contribution in [0.25, 0.3) is 5.69 Å². The van der Waals surface area contributed by atoms with Crippen LogP contribution < -0.4 is 5.56 Å². The molecule has 88 valence electrons. The van der Waals surface area contributed by atoms with E-state index in [1.165, 1.54) is 0 Å². The SMILES string of the molecule is Cc1ccccc1-n1[nH]c2c(c1=O)CCOC2. The molecule has 0 aliphatic carbocycles. The molecular formula is C13H14N2O2. The molecule has 2 aromatic rings. The molecule has 0 fully saturated rings. The zero-order chi connectivity index (χ0) is 11.8. The summed E-state index contributed by atoms with van der Waals surface area (Å²) < 4.78 is 6.97. The number of nitrogens with one attached hydrogen (secondary N) is 1. The smallest absolute Gasteiger partial charge is 0.274 e. The van der Waals surface area contributed by atoms with E-state index in [-0.39, 0.29) is 5.56 Å². The van der Waals surface area contributed by atoms with Gasteiger partial charge < -0.3 is 4.74 Å². The lowest BCUT2D eigenvalue weighted by Crippen LogP contribution is -2.20. The Kier molecular flexibility index (Phi) is 2.37. The van der Waals surface area contributed by atoms with Gasteiger partial charge >= 0.3 is 0 Å². The van der Waals surface area contributed by atoms with Crippen LogP contribution in [0.2, 0.25) is 0 Å². The Morgan fingerprint density at radius 2 is 2.18 bits per heavy atom. The van der Waals surface area contributed by atoms with Gasteiger partial charge in [-0.15, -0.1) is 0 Å². The average Bonchev–Trinajstić information content (AvgIpc) is 2.68. The van der Waals surface area contributed by atoms with E-state index in [9.17, 15) is 4.79 Å². The molecule has 0 bridgehead atoms. The first-order chi connectivity index (χ1) is 8.27. The number of rotatable bonds is 1. The van der Waals surface area contributed by atoms with E-state index in [1.54, 1.807) is 4.68 Å². The Balaban J connectivity index is 2.20. The Morgan fingerprint density at radius 1 is 1.35 bits per heavy atom. The van der Waals surface area contributed by atoms with Crippen LogP contribution >= 0.6 is 0 Å². The van der Waals surface area contributed by atoms with Gasteiger partial charge in [-0.25, -0.2) is 4.68 Å². The van der Waals surface area contributed by atoms with Gasteiger partial charge in [0.1, 0.15) is 0 Å². The van der Waals surface area contributed by atoms with Gasteiger partial charge in [-0.1, -0.05) is 18.2 Å². The first-order valence-corrected chi connectivity index (χ1v) is 5.74. The normalized spacial score (nSPS) is 14.6. The minimum Gasteiger partial charge on any atom is -0.375 e. The van der Waals surface area contributed by atoms with Crippen molar-refractivity contribution in [3.05, 3.63) is 51.4 Å². The monoisotopic (exact) mass is 230 g/mol. The van der Waals surface area contributed by atoms with Crippen molar-refractivity contribution in [2.45, 2.75) is 20.0 Å². The van der Waals surface area contributed by atoms with Gasteiger partial charge in [0.15, 0.2) is 0 Å². The maximum atomic E-state index is 12.2. The molecule has 3 rings (SSSR count). The third kappa shape index (κ3) is 1.61. The van der Waals surface area contributed by atoms with Crippen molar-refractivity contribution >= 4 is 0 Å². The molecule has 1 aromatic carbocycles. The number of para-hydroxylation sites is 1. The molecule has 0 atom stereocenters. The first-order valence-electron chi connectivity index (χ1n) is 5.74. The van der Waals surface area contributed by atoms with E-state index >= 15 is 0 Å². The van der Waals surface area contributed by atoms with Gasteiger partial charge in [-0.2, -0.15) is 0 Å². The molecule has 0 saturated heterocycles. The summed E-state index contributed by atoms with van der Waals surface area (Å²) in [6, 6.07) is 7.85. The number of aryl methyl sites for hydroxylation is 1. The number of fused-ring (bicyclic) bond motifs is 1. The van der Waals surface area contributed by atoms with Crippen LogP contribution in [0.5, 0.6) is 0 Å². The molecule has 4 nitrogen and oxygen atoms in total. The number of ether oxygens (including phenoxy) is 1. The summed E-state index contributed by atoms with van der Waals surface area (Å²) in [6.45, 7) is 3.13. The number of hydrogen-bond acceptors (Lipinski definition) is 2. The predicted molar refractivity (Wildman–Crippen MR) is 64.5 cm³/mol. The summed E-state index contributed by atoms with van der Waals surface area (Å²) in [4.78, 5) is 12.2. The molecule has 1 aliphatic rings. The molecule has 0 amide bonds. The number of nitrogens with zero attached hydrogens (tertiary/aromatic N) is 1. The van der Waals surface area contributed by atoms with Crippen LogP contribution in [0.4, 0.5) is 0 Å². The molecule has 0 radical (unpaired) electrons. The van der Waals surface area contributed by atoms with Gasteiger partial charge in [0.2, 0.25) is 0 Å². The van der Waals surface area contributed by atoms with E-state index < -0.39 is 0 Å². The Hall–Kier alpha value is -1.81. The Morgan fingerprint density at radius 3 is 2.94 bits per heavy atom. The highest BCUT2D eigenvalue weighted by Gasteiger charge is 2.18. The van der Waals surface area contributed by atoms with Gasteiger partial charge in [0, 0.05) is 12.0 Å². The first kappa shape index (κ1) is 10.4. The molecule has 1 N–H and O–H groups in total. The highest BCUT2D eigenvalue weighted by Crippen LogP contribution is 2.15. The van der Waals surface area contributed by atoms with E-state index in [4.69, 9.17) is 4.74 Å². The zero-order valence-corrected chi connectivity index (χ0v) is 9.69. The minimum absolute atomic E-state index is 0.0533. The second kappa shape index (κ2) is 3.89. The highest BCUT2D eigenvalue weighted by atomic mass is 16.5. The standard InChI is InChI=1S/C13H14N2O2/c1-9-4-2-3-5-12(9)15-13(16)10-6-7-17-8-11(10)14-15/h2-5,14H,6-8H2,1H3. The molecular weight excluding hydrogens is 216 g/mol. The number of H-pyrrole nitrogens is 1. The average molecular weight is 230 g/mol. The lowest BCUT2D eigenvalue weighted by atomic mass is 10.1. The fourth-order valence-electron chi connectivity index (χ4n) is 2.23. The number of benzene rings is 1. The fourth-order valence-corrected chi connectivity index (χ4v) is 2.23. The summed E-state index contributed by atoms with van der Waals surface area (Å²) in [5.74, 6) is 0. The zero-order valence-electron chi connectivity index (χ0n) is 9.69. The third-order valence-electron chi connectivity index (χ3n) is 3.17. The predicted octanol–water partition coefficient (Wildman–Crippen LogP) is 1.55. The second-order valence-corrected chi connectivity index (χ2v) is 4.30. The van der Waals surface area contributed by atoms with Gasteiger partial charge in [0.25, 0.3) is 5.56 Å². The van der Waals surface area contributed by atoms with Gasteiger partial charge in [0.05, 0.1) is 24.6 Å². The van der Waals surface area contributed by atoms with E-state index in [1.807, 2.05) is 31.2 Å². The maximum absolute atomic E-state index is 12.2. The van der Waals surface area contributed by atoms with Crippen LogP contribution in [0, 0.1) is 6.92 Å². The molecule has 1 aliphatic heterocycles. The van der Waals surface area contributed by atoms with Crippen LogP contribution in [-0.4, -0.2) is 16.4 Å². The summed E-state index contributed by atoms with van der Waals surface area (Å²) in [7, 11) is 0.